The highest BCUT2D eigenvalue weighted by Gasteiger charge is 2.20. The number of hydrogen-bond donors (Lipinski definition) is 1. The topological polar surface area (TPSA) is 72.7 Å². The number of tetrazole rings is 1. The average molecular weight is 382 g/mol. The van der Waals surface area contributed by atoms with E-state index in [2.05, 4.69) is 34.7 Å². The third kappa shape index (κ3) is 4.54. The predicted octanol–water partition coefficient (Wildman–Crippen LogP) is 4.21. The molecule has 0 spiro atoms. The van der Waals surface area contributed by atoms with E-state index in [1.165, 1.54) is 11.8 Å². The quantitative estimate of drug-likeness (QED) is 0.648. The second-order valence-electron chi connectivity index (χ2n) is 6.70. The van der Waals surface area contributed by atoms with Crippen molar-refractivity contribution >= 4 is 23.4 Å². The third-order valence-corrected chi connectivity index (χ3v) is 5.24. The maximum absolute atomic E-state index is 12.7. The van der Waals surface area contributed by atoms with Gasteiger partial charge in [0.05, 0.1) is 10.9 Å². The first kappa shape index (κ1) is 19.1. The fraction of sp³-hybridized carbons (Fsp3) is 0.300. The molecule has 0 aliphatic rings. The van der Waals surface area contributed by atoms with E-state index in [1.54, 1.807) is 4.68 Å². The molecule has 7 heteroatoms. The van der Waals surface area contributed by atoms with Crippen LogP contribution in [0.5, 0.6) is 0 Å². The molecule has 0 saturated heterocycles. The number of carbonyl (C=O) groups is 1. The molecule has 140 valence electrons. The van der Waals surface area contributed by atoms with Gasteiger partial charge >= 0.3 is 0 Å². The smallest absolute Gasteiger partial charge is 0.237 e. The number of carbonyl (C=O) groups excluding carboxylic acids is 1. The highest BCUT2D eigenvalue weighted by Crippen LogP contribution is 2.27. The van der Waals surface area contributed by atoms with Crippen molar-refractivity contribution in [1.29, 1.82) is 0 Å². The minimum Gasteiger partial charge on any atom is -0.325 e. The second kappa shape index (κ2) is 8.35. The van der Waals surface area contributed by atoms with Crippen LogP contribution in [0.2, 0.25) is 0 Å². The fourth-order valence-electron chi connectivity index (χ4n) is 2.66. The summed E-state index contributed by atoms with van der Waals surface area (Å²) in [5, 5.41) is 15.2. The van der Waals surface area contributed by atoms with Gasteiger partial charge in [-0.1, -0.05) is 61.5 Å². The zero-order valence-electron chi connectivity index (χ0n) is 15.9. The average Bonchev–Trinajstić information content (AvgIpc) is 3.10. The summed E-state index contributed by atoms with van der Waals surface area (Å²) in [6, 6.07) is 15.8. The van der Waals surface area contributed by atoms with Gasteiger partial charge in [0.2, 0.25) is 11.1 Å². The van der Waals surface area contributed by atoms with E-state index >= 15 is 0 Å². The summed E-state index contributed by atoms with van der Waals surface area (Å²) in [6.45, 7) is 8.10. The van der Waals surface area contributed by atoms with Crippen molar-refractivity contribution in [2.75, 3.05) is 5.32 Å². The molecule has 1 N–H and O–H groups in total. The van der Waals surface area contributed by atoms with Crippen LogP contribution in [-0.2, 0) is 4.79 Å². The molecule has 0 bridgehead atoms. The molecule has 1 atom stereocenters. The van der Waals surface area contributed by atoms with Crippen LogP contribution in [0, 0.1) is 6.92 Å². The lowest BCUT2D eigenvalue weighted by Gasteiger charge is -2.16. The van der Waals surface area contributed by atoms with Crippen molar-refractivity contribution in [3.05, 3.63) is 59.7 Å². The number of nitrogens with one attached hydrogen (secondary N) is 1. The molecule has 1 heterocycles. The standard InChI is InChI=1S/C20H23N5OS/c1-13(2)17-7-5-6-8-18(17)21-19(26)15(4)27-20-22-23-24-25(20)16-11-9-14(3)10-12-16/h5-13,15H,1-4H3,(H,21,26)/t15-/m1/s1. The van der Waals surface area contributed by atoms with E-state index < -0.39 is 0 Å². The molecule has 0 aliphatic heterocycles. The number of amides is 1. The Kier molecular flexibility index (Phi) is 5.91. The van der Waals surface area contributed by atoms with Gasteiger partial charge in [-0.2, -0.15) is 4.68 Å². The molecule has 0 saturated carbocycles. The van der Waals surface area contributed by atoms with Gasteiger partial charge in [0.1, 0.15) is 0 Å². The van der Waals surface area contributed by atoms with Crippen LogP contribution in [0.1, 0.15) is 37.8 Å². The normalized spacial score (nSPS) is 12.2. The van der Waals surface area contributed by atoms with Crippen LogP contribution in [0.3, 0.4) is 0 Å². The van der Waals surface area contributed by atoms with Gasteiger partial charge in [-0.15, -0.1) is 5.10 Å². The van der Waals surface area contributed by atoms with Crippen LogP contribution in [0.15, 0.2) is 53.7 Å². The number of nitrogens with zero attached hydrogens (tertiary/aromatic N) is 4. The maximum Gasteiger partial charge on any atom is 0.237 e. The Balaban J connectivity index is 1.73. The van der Waals surface area contributed by atoms with Gasteiger partial charge in [0.15, 0.2) is 0 Å². The zero-order chi connectivity index (χ0) is 19.4. The van der Waals surface area contributed by atoms with Gasteiger partial charge in [0.25, 0.3) is 0 Å². The minimum atomic E-state index is -0.347. The van der Waals surface area contributed by atoms with E-state index in [0.717, 1.165) is 22.5 Å². The van der Waals surface area contributed by atoms with Crippen LogP contribution >= 0.6 is 11.8 Å². The monoisotopic (exact) mass is 381 g/mol. The highest BCUT2D eigenvalue weighted by molar-refractivity contribution is 8.00. The lowest BCUT2D eigenvalue weighted by atomic mass is 10.0. The molecule has 3 rings (SSSR count). The zero-order valence-corrected chi connectivity index (χ0v) is 16.7. The van der Waals surface area contributed by atoms with Crippen molar-refractivity contribution in [2.24, 2.45) is 0 Å². The Hall–Kier alpha value is -2.67. The molecule has 2 aromatic carbocycles. The molecular formula is C20H23N5OS. The molecule has 1 aromatic heterocycles. The molecule has 0 aliphatic carbocycles. The fourth-order valence-corrected chi connectivity index (χ4v) is 3.47. The first-order valence-corrected chi connectivity index (χ1v) is 9.75. The van der Waals surface area contributed by atoms with Crippen molar-refractivity contribution in [1.82, 2.24) is 20.2 Å². The molecule has 3 aromatic rings. The van der Waals surface area contributed by atoms with Crippen molar-refractivity contribution in [3.8, 4) is 5.69 Å². The van der Waals surface area contributed by atoms with Crippen LogP contribution in [-0.4, -0.2) is 31.4 Å². The number of aryl methyl sites for hydroxylation is 1. The third-order valence-electron chi connectivity index (χ3n) is 4.21. The van der Waals surface area contributed by atoms with Gasteiger partial charge in [-0.05, 0) is 54.0 Å². The summed E-state index contributed by atoms with van der Waals surface area (Å²) < 4.78 is 1.65. The number of aromatic nitrogens is 4. The summed E-state index contributed by atoms with van der Waals surface area (Å²) in [4.78, 5) is 12.7. The van der Waals surface area contributed by atoms with Gasteiger partial charge in [-0.25, -0.2) is 0 Å². The summed E-state index contributed by atoms with van der Waals surface area (Å²) in [7, 11) is 0. The van der Waals surface area contributed by atoms with Gasteiger partial charge in [0, 0.05) is 5.69 Å². The molecule has 0 fully saturated rings. The van der Waals surface area contributed by atoms with E-state index in [4.69, 9.17) is 0 Å². The highest BCUT2D eigenvalue weighted by atomic mass is 32.2. The number of anilines is 1. The van der Waals surface area contributed by atoms with E-state index in [9.17, 15) is 4.79 Å². The van der Waals surface area contributed by atoms with Crippen LogP contribution in [0.25, 0.3) is 5.69 Å². The minimum absolute atomic E-state index is 0.0773. The first-order chi connectivity index (χ1) is 13.0. The summed E-state index contributed by atoms with van der Waals surface area (Å²) in [5.41, 5.74) is 4.00. The molecule has 1 amide bonds. The number of para-hydroxylation sites is 1. The maximum atomic E-state index is 12.7. The number of rotatable bonds is 6. The number of benzene rings is 2. The molecule has 0 unspecified atom stereocenters. The summed E-state index contributed by atoms with van der Waals surface area (Å²) in [6.07, 6.45) is 0. The van der Waals surface area contributed by atoms with Crippen LogP contribution in [0.4, 0.5) is 5.69 Å². The molecular weight excluding hydrogens is 358 g/mol. The molecule has 6 nitrogen and oxygen atoms in total. The largest absolute Gasteiger partial charge is 0.325 e. The van der Waals surface area contributed by atoms with Gasteiger partial charge in [-0.3, -0.25) is 4.79 Å². The van der Waals surface area contributed by atoms with Crippen molar-refractivity contribution < 1.29 is 4.79 Å². The van der Waals surface area contributed by atoms with Gasteiger partial charge < -0.3 is 5.32 Å². The lowest BCUT2D eigenvalue weighted by Crippen LogP contribution is -2.23. The number of hydrogen-bond acceptors (Lipinski definition) is 5. The van der Waals surface area contributed by atoms with Crippen LogP contribution < -0.4 is 5.32 Å². The predicted molar refractivity (Wildman–Crippen MR) is 108 cm³/mol. The Bertz CT molecular complexity index is 920. The Morgan fingerprint density at radius 1 is 1.07 bits per heavy atom. The van der Waals surface area contributed by atoms with E-state index in [-0.39, 0.29) is 11.2 Å². The number of thioether (sulfide) groups is 1. The Morgan fingerprint density at radius 3 is 2.48 bits per heavy atom. The Labute approximate surface area is 163 Å². The second-order valence-corrected chi connectivity index (χ2v) is 8.01. The lowest BCUT2D eigenvalue weighted by molar-refractivity contribution is -0.115. The summed E-state index contributed by atoms with van der Waals surface area (Å²) >= 11 is 1.33. The van der Waals surface area contributed by atoms with E-state index in [0.29, 0.717) is 11.1 Å². The summed E-state index contributed by atoms with van der Waals surface area (Å²) in [5.74, 6) is 0.254. The van der Waals surface area contributed by atoms with Crippen molar-refractivity contribution in [2.45, 2.75) is 44.0 Å². The van der Waals surface area contributed by atoms with E-state index in [1.807, 2.05) is 62.4 Å². The SMILES string of the molecule is Cc1ccc(-n2nnnc2S[C@H](C)C(=O)Nc2ccccc2C(C)C)cc1. The molecule has 0 radical (unpaired) electrons. The first-order valence-electron chi connectivity index (χ1n) is 8.87. The van der Waals surface area contributed by atoms with Crippen molar-refractivity contribution in [3.63, 3.8) is 0 Å². The molecule has 27 heavy (non-hydrogen) atoms. The Morgan fingerprint density at radius 2 is 1.78 bits per heavy atom.